The SMILES string of the molecule is Cc1nc(-c2cnc(N)nc2)cc(C2[C@H]3CNC[C@@H]23)n1. The molecule has 3 heterocycles. The number of hydrogen-bond donors (Lipinski definition) is 2. The zero-order valence-electron chi connectivity index (χ0n) is 11.2. The Morgan fingerprint density at radius 3 is 2.55 bits per heavy atom. The smallest absolute Gasteiger partial charge is 0.219 e. The molecule has 2 fully saturated rings. The summed E-state index contributed by atoms with van der Waals surface area (Å²) in [7, 11) is 0. The van der Waals surface area contributed by atoms with Gasteiger partial charge in [-0.15, -0.1) is 0 Å². The number of rotatable bonds is 2. The number of hydrogen-bond acceptors (Lipinski definition) is 6. The zero-order chi connectivity index (χ0) is 13.7. The van der Waals surface area contributed by atoms with Crippen LogP contribution in [0.15, 0.2) is 18.5 Å². The van der Waals surface area contributed by atoms with Crippen LogP contribution in [0.3, 0.4) is 0 Å². The molecule has 3 N–H and O–H groups in total. The predicted molar refractivity (Wildman–Crippen MR) is 74.8 cm³/mol. The van der Waals surface area contributed by atoms with Gasteiger partial charge in [-0.3, -0.25) is 0 Å². The lowest BCUT2D eigenvalue weighted by atomic mass is 10.1. The van der Waals surface area contributed by atoms with Crippen LogP contribution in [0.2, 0.25) is 0 Å². The van der Waals surface area contributed by atoms with Crippen molar-refractivity contribution < 1.29 is 0 Å². The van der Waals surface area contributed by atoms with E-state index in [-0.39, 0.29) is 5.95 Å². The van der Waals surface area contributed by atoms with Crippen molar-refractivity contribution in [3.05, 3.63) is 30.0 Å². The second-order valence-electron chi connectivity index (χ2n) is 5.57. The van der Waals surface area contributed by atoms with Gasteiger partial charge >= 0.3 is 0 Å². The standard InChI is InChI=1S/C14H16N6/c1-7-19-11(8-3-17-14(15)18-4-8)2-12(20-7)13-9-5-16-6-10(9)13/h2-4,9-10,13,16H,5-6H2,1H3,(H2,15,17,18)/t9-,10+,13?. The molecular weight excluding hydrogens is 252 g/mol. The molecule has 0 bridgehead atoms. The van der Waals surface area contributed by atoms with Gasteiger partial charge in [0.05, 0.1) is 5.69 Å². The molecule has 2 aromatic heterocycles. The highest BCUT2D eigenvalue weighted by Crippen LogP contribution is 2.55. The Bertz CT molecular complexity index is 643. The maximum Gasteiger partial charge on any atom is 0.219 e. The molecule has 2 aliphatic rings. The van der Waals surface area contributed by atoms with E-state index in [4.69, 9.17) is 5.73 Å². The van der Waals surface area contributed by atoms with Gasteiger partial charge in [0.15, 0.2) is 0 Å². The number of nitrogen functional groups attached to an aromatic ring is 1. The summed E-state index contributed by atoms with van der Waals surface area (Å²) < 4.78 is 0. The van der Waals surface area contributed by atoms with E-state index >= 15 is 0 Å². The maximum absolute atomic E-state index is 5.52. The third-order valence-electron chi connectivity index (χ3n) is 4.26. The van der Waals surface area contributed by atoms with Crippen LogP contribution in [0.25, 0.3) is 11.3 Å². The van der Waals surface area contributed by atoms with Crippen molar-refractivity contribution in [3.8, 4) is 11.3 Å². The second kappa shape index (κ2) is 4.21. The van der Waals surface area contributed by atoms with Gasteiger partial charge in [-0.2, -0.15) is 0 Å². The van der Waals surface area contributed by atoms with Crippen molar-refractivity contribution in [3.63, 3.8) is 0 Å². The molecule has 1 aliphatic heterocycles. The van der Waals surface area contributed by atoms with Gasteiger partial charge in [0.25, 0.3) is 0 Å². The van der Waals surface area contributed by atoms with Crippen LogP contribution in [0.5, 0.6) is 0 Å². The van der Waals surface area contributed by atoms with E-state index in [0.29, 0.717) is 5.92 Å². The van der Waals surface area contributed by atoms with E-state index in [1.54, 1.807) is 12.4 Å². The number of aromatic nitrogens is 4. The third kappa shape index (κ3) is 1.84. The first-order chi connectivity index (χ1) is 9.72. The lowest BCUT2D eigenvalue weighted by molar-refractivity contribution is 0.672. The average molecular weight is 268 g/mol. The van der Waals surface area contributed by atoms with Crippen LogP contribution in [-0.2, 0) is 0 Å². The molecule has 1 saturated carbocycles. The van der Waals surface area contributed by atoms with Gasteiger partial charge in [0, 0.05) is 29.6 Å². The minimum absolute atomic E-state index is 0.280. The fraction of sp³-hybridized carbons (Fsp3) is 0.429. The molecule has 20 heavy (non-hydrogen) atoms. The van der Waals surface area contributed by atoms with Crippen molar-refractivity contribution in [2.45, 2.75) is 12.8 Å². The predicted octanol–water partition coefficient (Wildman–Crippen LogP) is 0.757. The van der Waals surface area contributed by atoms with Gasteiger partial charge < -0.3 is 11.1 Å². The van der Waals surface area contributed by atoms with Gasteiger partial charge in [-0.1, -0.05) is 0 Å². The number of fused-ring (bicyclic) bond motifs is 1. The first-order valence-electron chi connectivity index (χ1n) is 6.86. The number of aryl methyl sites for hydroxylation is 1. The molecule has 1 saturated heterocycles. The van der Waals surface area contributed by atoms with E-state index in [2.05, 4.69) is 31.3 Å². The van der Waals surface area contributed by atoms with E-state index in [0.717, 1.165) is 47.7 Å². The quantitative estimate of drug-likeness (QED) is 0.835. The molecular formula is C14H16N6. The zero-order valence-corrected chi connectivity index (χ0v) is 11.2. The fourth-order valence-electron chi connectivity index (χ4n) is 3.24. The van der Waals surface area contributed by atoms with E-state index in [9.17, 15) is 0 Å². The molecule has 0 aromatic carbocycles. The Labute approximate surface area is 116 Å². The molecule has 102 valence electrons. The highest BCUT2D eigenvalue weighted by molar-refractivity contribution is 5.58. The van der Waals surface area contributed by atoms with Crippen LogP contribution < -0.4 is 11.1 Å². The summed E-state index contributed by atoms with van der Waals surface area (Å²) in [5.41, 5.74) is 8.44. The lowest BCUT2D eigenvalue weighted by Crippen LogP contribution is -2.14. The molecule has 1 unspecified atom stereocenters. The summed E-state index contributed by atoms with van der Waals surface area (Å²) in [6.45, 7) is 4.15. The van der Waals surface area contributed by atoms with Crippen molar-refractivity contribution >= 4 is 5.95 Å². The second-order valence-corrected chi connectivity index (χ2v) is 5.57. The number of nitrogens with zero attached hydrogens (tertiary/aromatic N) is 4. The minimum Gasteiger partial charge on any atom is -0.368 e. The summed E-state index contributed by atoms with van der Waals surface area (Å²) in [5, 5.41) is 3.41. The van der Waals surface area contributed by atoms with Crippen LogP contribution in [0.1, 0.15) is 17.4 Å². The molecule has 1 aliphatic carbocycles. The third-order valence-corrected chi connectivity index (χ3v) is 4.26. The van der Waals surface area contributed by atoms with Crippen molar-refractivity contribution in [2.75, 3.05) is 18.8 Å². The van der Waals surface area contributed by atoms with Crippen molar-refractivity contribution in [1.29, 1.82) is 0 Å². The summed E-state index contributed by atoms with van der Waals surface area (Å²) in [5.74, 6) is 3.17. The van der Waals surface area contributed by atoms with Crippen LogP contribution in [-0.4, -0.2) is 33.0 Å². The molecule has 0 radical (unpaired) electrons. The molecule has 0 amide bonds. The number of nitrogens with two attached hydrogens (primary N) is 1. The molecule has 3 atom stereocenters. The highest BCUT2D eigenvalue weighted by atomic mass is 15.0. The maximum atomic E-state index is 5.52. The Hall–Kier alpha value is -2.08. The first-order valence-corrected chi connectivity index (χ1v) is 6.86. The number of nitrogens with one attached hydrogen (secondary N) is 1. The summed E-state index contributed by atoms with van der Waals surface area (Å²) in [6.07, 6.45) is 3.42. The van der Waals surface area contributed by atoms with E-state index < -0.39 is 0 Å². The average Bonchev–Trinajstić information content (AvgIpc) is 2.92. The summed E-state index contributed by atoms with van der Waals surface area (Å²) in [6, 6.07) is 2.07. The Kier molecular flexibility index (Phi) is 2.47. The largest absolute Gasteiger partial charge is 0.368 e. The van der Waals surface area contributed by atoms with Crippen LogP contribution in [0.4, 0.5) is 5.95 Å². The summed E-state index contributed by atoms with van der Waals surface area (Å²) in [4.78, 5) is 17.2. The Morgan fingerprint density at radius 1 is 1.15 bits per heavy atom. The topological polar surface area (TPSA) is 89.6 Å². The van der Waals surface area contributed by atoms with Gasteiger partial charge in [-0.25, -0.2) is 19.9 Å². The first kappa shape index (κ1) is 11.7. The molecule has 2 aromatic rings. The fourth-order valence-corrected chi connectivity index (χ4v) is 3.24. The van der Waals surface area contributed by atoms with Crippen molar-refractivity contribution in [2.24, 2.45) is 11.8 Å². The van der Waals surface area contributed by atoms with Crippen LogP contribution >= 0.6 is 0 Å². The molecule has 6 heteroatoms. The molecule has 6 nitrogen and oxygen atoms in total. The minimum atomic E-state index is 0.280. The number of anilines is 1. The number of piperidine rings is 1. The van der Waals surface area contributed by atoms with Gasteiger partial charge in [0.2, 0.25) is 5.95 Å². The Morgan fingerprint density at radius 2 is 1.85 bits per heavy atom. The molecule has 4 rings (SSSR count). The summed E-state index contributed by atoms with van der Waals surface area (Å²) >= 11 is 0. The van der Waals surface area contributed by atoms with E-state index in [1.165, 1.54) is 0 Å². The van der Waals surface area contributed by atoms with Crippen molar-refractivity contribution in [1.82, 2.24) is 25.3 Å². The van der Waals surface area contributed by atoms with E-state index in [1.807, 2.05) is 6.92 Å². The monoisotopic (exact) mass is 268 g/mol. The Balaban J connectivity index is 1.70. The van der Waals surface area contributed by atoms with Gasteiger partial charge in [0.1, 0.15) is 5.82 Å². The molecule has 0 spiro atoms. The van der Waals surface area contributed by atoms with Crippen LogP contribution in [0, 0.1) is 18.8 Å². The normalized spacial score (nSPS) is 27.4. The van der Waals surface area contributed by atoms with Gasteiger partial charge in [-0.05, 0) is 37.9 Å². The lowest BCUT2D eigenvalue weighted by Gasteiger charge is -2.08. The highest BCUT2D eigenvalue weighted by Gasteiger charge is 2.54.